The highest BCUT2D eigenvalue weighted by atomic mass is 16.3. The molecule has 0 aliphatic heterocycles. The van der Waals surface area contributed by atoms with Gasteiger partial charge in [-0.2, -0.15) is 0 Å². The Morgan fingerprint density at radius 1 is 0.291 bits per heavy atom. The second kappa shape index (κ2) is 12.6. The number of hydrogen-bond acceptors (Lipinski definition) is 3. The molecular formula is C52H34N2O. The van der Waals surface area contributed by atoms with Crippen LogP contribution in [0.25, 0.3) is 65.0 Å². The lowest BCUT2D eigenvalue weighted by Crippen LogP contribution is -2.14. The zero-order chi connectivity index (χ0) is 36.3. The third kappa shape index (κ3) is 5.05. The van der Waals surface area contributed by atoms with Crippen LogP contribution in [-0.4, -0.2) is 0 Å². The van der Waals surface area contributed by atoms with Crippen molar-refractivity contribution in [3.8, 4) is 0 Å². The Morgan fingerprint density at radius 2 is 0.782 bits per heavy atom. The van der Waals surface area contributed by atoms with E-state index >= 15 is 0 Å². The van der Waals surface area contributed by atoms with Crippen molar-refractivity contribution >= 4 is 99.2 Å². The Kier molecular flexibility index (Phi) is 7.17. The van der Waals surface area contributed by atoms with Crippen molar-refractivity contribution in [3.05, 3.63) is 206 Å². The maximum Gasteiger partial charge on any atom is 0.143 e. The molecule has 3 heteroatoms. The average Bonchev–Trinajstić information content (AvgIpc) is 3.65. The van der Waals surface area contributed by atoms with Crippen LogP contribution in [0.3, 0.4) is 0 Å². The number of rotatable bonds is 6. The predicted molar refractivity (Wildman–Crippen MR) is 233 cm³/mol. The number of benzene rings is 10. The van der Waals surface area contributed by atoms with Gasteiger partial charge in [0.25, 0.3) is 0 Å². The minimum absolute atomic E-state index is 0.895. The van der Waals surface area contributed by atoms with E-state index in [9.17, 15) is 0 Å². The van der Waals surface area contributed by atoms with Crippen LogP contribution in [0.4, 0.5) is 34.1 Å². The highest BCUT2D eigenvalue weighted by Gasteiger charge is 2.23. The number of furan rings is 1. The molecule has 0 saturated heterocycles. The van der Waals surface area contributed by atoms with Crippen molar-refractivity contribution in [1.29, 1.82) is 0 Å². The lowest BCUT2D eigenvalue weighted by atomic mass is 9.95. The Hall–Kier alpha value is -7.36. The van der Waals surface area contributed by atoms with Crippen LogP contribution in [0.15, 0.2) is 211 Å². The molecule has 0 aliphatic rings. The maximum atomic E-state index is 6.78. The van der Waals surface area contributed by atoms with Gasteiger partial charge in [0.05, 0.1) is 5.69 Å². The number of para-hydroxylation sites is 3. The van der Waals surface area contributed by atoms with E-state index in [0.29, 0.717) is 0 Å². The molecule has 0 spiro atoms. The van der Waals surface area contributed by atoms with Crippen LogP contribution in [-0.2, 0) is 0 Å². The minimum Gasteiger partial charge on any atom is -0.455 e. The highest BCUT2D eigenvalue weighted by Crippen LogP contribution is 2.48. The Labute approximate surface area is 318 Å². The maximum absolute atomic E-state index is 6.78. The van der Waals surface area contributed by atoms with E-state index in [4.69, 9.17) is 4.42 Å². The summed E-state index contributed by atoms with van der Waals surface area (Å²) in [5.41, 5.74) is 8.30. The van der Waals surface area contributed by atoms with Gasteiger partial charge < -0.3 is 14.2 Å². The van der Waals surface area contributed by atoms with Crippen LogP contribution < -0.4 is 9.80 Å². The number of nitrogens with zero attached hydrogens (tertiary/aromatic N) is 2. The fraction of sp³-hybridized carbons (Fsp3) is 0. The van der Waals surface area contributed by atoms with Gasteiger partial charge >= 0.3 is 0 Å². The summed E-state index contributed by atoms with van der Waals surface area (Å²) in [6.45, 7) is 0. The van der Waals surface area contributed by atoms with Gasteiger partial charge in [-0.05, 0) is 93.7 Å². The third-order valence-electron chi connectivity index (χ3n) is 10.9. The normalized spacial score (nSPS) is 11.6. The molecule has 3 nitrogen and oxygen atoms in total. The van der Waals surface area contributed by atoms with Crippen molar-refractivity contribution < 1.29 is 4.42 Å². The van der Waals surface area contributed by atoms with Crippen molar-refractivity contribution in [2.45, 2.75) is 0 Å². The van der Waals surface area contributed by atoms with Crippen molar-refractivity contribution in [1.82, 2.24) is 0 Å². The SMILES string of the molecule is c1ccc(N(c2ccccc2)c2cccc(N(c3ccc4c5ccccc5c5c6ccccc6oc5c4c3)c3c4ccccc4cc4ccccc34)c2)cc1. The number of anilines is 6. The van der Waals surface area contributed by atoms with E-state index in [1.807, 2.05) is 0 Å². The lowest BCUT2D eigenvalue weighted by Gasteiger charge is -2.31. The second-order valence-electron chi connectivity index (χ2n) is 14.1. The molecule has 0 saturated carbocycles. The fourth-order valence-electron chi connectivity index (χ4n) is 8.54. The summed E-state index contributed by atoms with van der Waals surface area (Å²) in [6.07, 6.45) is 0. The lowest BCUT2D eigenvalue weighted by molar-refractivity contribution is 0.673. The Bertz CT molecular complexity index is 3130. The van der Waals surface area contributed by atoms with Crippen LogP contribution >= 0.6 is 0 Å². The van der Waals surface area contributed by atoms with Crippen molar-refractivity contribution in [3.63, 3.8) is 0 Å². The minimum atomic E-state index is 0.895. The molecule has 0 unspecified atom stereocenters. The summed E-state index contributed by atoms with van der Waals surface area (Å²) < 4.78 is 6.78. The van der Waals surface area contributed by atoms with E-state index in [1.165, 1.54) is 37.7 Å². The second-order valence-corrected chi connectivity index (χ2v) is 14.1. The summed E-state index contributed by atoms with van der Waals surface area (Å²) >= 11 is 0. The third-order valence-corrected chi connectivity index (χ3v) is 10.9. The molecule has 0 atom stereocenters. The summed E-state index contributed by atoms with van der Waals surface area (Å²) in [5.74, 6) is 0. The van der Waals surface area contributed by atoms with Crippen LogP contribution in [0.1, 0.15) is 0 Å². The van der Waals surface area contributed by atoms with E-state index < -0.39 is 0 Å². The van der Waals surface area contributed by atoms with E-state index in [-0.39, 0.29) is 0 Å². The molecule has 258 valence electrons. The summed E-state index contributed by atoms with van der Waals surface area (Å²) in [6, 6.07) is 73.9. The molecule has 0 amide bonds. The standard InChI is InChI=1S/C52H34N2O/c1-3-18-37(19-4-1)53(38-20-5-2-6-21-38)39-22-15-23-40(33-39)54(51-42-24-9-7-16-35(42)32-36-17-8-10-25-43(36)51)41-30-31-45-44-26-11-12-27-46(44)50-47-28-13-14-29-49(47)55-52(50)48(45)34-41/h1-34H. The first-order valence-corrected chi connectivity index (χ1v) is 18.8. The number of hydrogen-bond donors (Lipinski definition) is 0. The van der Waals surface area contributed by atoms with E-state index in [1.54, 1.807) is 0 Å². The van der Waals surface area contributed by atoms with Crippen LogP contribution in [0, 0.1) is 0 Å². The molecule has 11 aromatic rings. The molecule has 0 bridgehead atoms. The van der Waals surface area contributed by atoms with Gasteiger partial charge in [0.15, 0.2) is 0 Å². The molecule has 1 aromatic heterocycles. The molecule has 0 fully saturated rings. The largest absolute Gasteiger partial charge is 0.455 e. The monoisotopic (exact) mass is 702 g/mol. The quantitative estimate of drug-likeness (QED) is 0.127. The predicted octanol–water partition coefficient (Wildman–Crippen LogP) is 15.1. The Morgan fingerprint density at radius 3 is 1.45 bits per heavy atom. The fourth-order valence-corrected chi connectivity index (χ4v) is 8.54. The molecule has 10 aromatic carbocycles. The van der Waals surface area contributed by atoms with Gasteiger partial charge in [-0.25, -0.2) is 0 Å². The molecule has 0 radical (unpaired) electrons. The van der Waals surface area contributed by atoms with Gasteiger partial charge in [0.1, 0.15) is 11.2 Å². The first kappa shape index (κ1) is 31.2. The van der Waals surface area contributed by atoms with E-state index in [2.05, 4.69) is 216 Å². The molecule has 0 N–H and O–H groups in total. The molecule has 1 heterocycles. The zero-order valence-electron chi connectivity index (χ0n) is 29.9. The first-order chi connectivity index (χ1) is 27.3. The van der Waals surface area contributed by atoms with Crippen LogP contribution in [0.2, 0.25) is 0 Å². The van der Waals surface area contributed by atoms with Crippen molar-refractivity contribution in [2.75, 3.05) is 9.80 Å². The molecular weight excluding hydrogens is 669 g/mol. The van der Waals surface area contributed by atoms with Crippen LogP contribution in [0.5, 0.6) is 0 Å². The number of fused-ring (bicyclic) bond motifs is 10. The molecule has 11 rings (SSSR count). The topological polar surface area (TPSA) is 19.6 Å². The molecule has 0 aliphatic carbocycles. The molecule has 55 heavy (non-hydrogen) atoms. The van der Waals surface area contributed by atoms with E-state index in [0.717, 1.165) is 61.4 Å². The average molecular weight is 703 g/mol. The highest BCUT2D eigenvalue weighted by molar-refractivity contribution is 6.30. The Balaban J connectivity index is 1.23. The van der Waals surface area contributed by atoms with Gasteiger partial charge in [-0.15, -0.1) is 0 Å². The van der Waals surface area contributed by atoms with Gasteiger partial charge in [0, 0.05) is 55.4 Å². The van der Waals surface area contributed by atoms with Crippen molar-refractivity contribution in [2.24, 2.45) is 0 Å². The van der Waals surface area contributed by atoms with Gasteiger partial charge in [0.2, 0.25) is 0 Å². The summed E-state index contributed by atoms with van der Waals surface area (Å²) in [5, 5.41) is 11.7. The smallest absolute Gasteiger partial charge is 0.143 e. The van der Waals surface area contributed by atoms with Gasteiger partial charge in [-0.1, -0.05) is 140 Å². The summed E-state index contributed by atoms with van der Waals surface area (Å²) in [4.78, 5) is 4.78. The first-order valence-electron chi connectivity index (χ1n) is 18.8. The summed E-state index contributed by atoms with van der Waals surface area (Å²) in [7, 11) is 0. The zero-order valence-corrected chi connectivity index (χ0v) is 29.9. The van der Waals surface area contributed by atoms with Gasteiger partial charge in [-0.3, -0.25) is 0 Å².